The van der Waals surface area contributed by atoms with Gasteiger partial charge in [-0.25, -0.2) is 0 Å². The van der Waals surface area contributed by atoms with Crippen LogP contribution in [0.4, 0.5) is 0 Å². The second kappa shape index (κ2) is 7.55. The number of fused-ring (bicyclic) bond motifs is 1. The molecule has 3 aromatic rings. The number of aromatic nitrogens is 2. The lowest BCUT2D eigenvalue weighted by Gasteiger charge is -2.24. The third-order valence-corrected chi connectivity index (χ3v) is 5.05. The van der Waals surface area contributed by atoms with E-state index in [2.05, 4.69) is 51.5 Å². The molecular formula is C22H22N4. The molecule has 1 aromatic heterocycles. The van der Waals surface area contributed by atoms with Crippen molar-refractivity contribution in [3.05, 3.63) is 88.7 Å². The van der Waals surface area contributed by atoms with Gasteiger partial charge in [0.1, 0.15) is 0 Å². The summed E-state index contributed by atoms with van der Waals surface area (Å²) in [6.45, 7) is 1.59. The van der Waals surface area contributed by atoms with Crippen molar-refractivity contribution >= 4 is 0 Å². The molecule has 0 saturated heterocycles. The fourth-order valence-electron chi connectivity index (χ4n) is 3.72. The lowest BCUT2D eigenvalue weighted by atomic mass is 9.92. The normalized spacial score (nSPS) is 16.0. The molecule has 4 rings (SSSR count). The lowest BCUT2D eigenvalue weighted by Crippen LogP contribution is -2.25. The van der Waals surface area contributed by atoms with Gasteiger partial charge in [-0.05, 0) is 42.5 Å². The van der Waals surface area contributed by atoms with Crippen LogP contribution in [0, 0.1) is 11.3 Å². The Morgan fingerprint density at radius 2 is 1.96 bits per heavy atom. The molecule has 1 atom stereocenters. The van der Waals surface area contributed by atoms with E-state index in [1.165, 1.54) is 23.2 Å². The van der Waals surface area contributed by atoms with Crippen LogP contribution in [0.1, 0.15) is 46.8 Å². The van der Waals surface area contributed by atoms with Crippen molar-refractivity contribution in [2.45, 2.75) is 38.4 Å². The van der Waals surface area contributed by atoms with Crippen molar-refractivity contribution in [1.29, 1.82) is 5.26 Å². The first-order valence-electron chi connectivity index (χ1n) is 9.14. The first-order valence-corrected chi connectivity index (χ1v) is 9.14. The fraction of sp³-hybridized carbons (Fsp3) is 0.273. The summed E-state index contributed by atoms with van der Waals surface area (Å²) < 4.78 is 2.15. The number of nitrogens with one attached hydrogen (secondary N) is 1. The second-order valence-corrected chi connectivity index (χ2v) is 6.83. The number of nitriles is 1. The summed E-state index contributed by atoms with van der Waals surface area (Å²) in [5.74, 6) is 0. The lowest BCUT2D eigenvalue weighted by molar-refractivity contribution is 0.449. The summed E-state index contributed by atoms with van der Waals surface area (Å²) in [5.41, 5.74) is 5.81. The highest BCUT2D eigenvalue weighted by Gasteiger charge is 2.23. The molecule has 0 amide bonds. The zero-order valence-corrected chi connectivity index (χ0v) is 14.7. The molecule has 1 N–H and O–H groups in total. The Balaban J connectivity index is 1.48. The van der Waals surface area contributed by atoms with Crippen LogP contribution in [-0.4, -0.2) is 9.78 Å². The van der Waals surface area contributed by atoms with Crippen LogP contribution in [0.25, 0.3) is 0 Å². The van der Waals surface area contributed by atoms with E-state index in [-0.39, 0.29) is 0 Å². The van der Waals surface area contributed by atoms with Crippen LogP contribution < -0.4 is 5.32 Å². The quantitative estimate of drug-likeness (QED) is 0.763. The van der Waals surface area contributed by atoms with Crippen molar-refractivity contribution in [2.24, 2.45) is 0 Å². The van der Waals surface area contributed by atoms with Crippen molar-refractivity contribution < 1.29 is 0 Å². The van der Waals surface area contributed by atoms with Gasteiger partial charge in [0.2, 0.25) is 0 Å². The molecule has 0 saturated carbocycles. The van der Waals surface area contributed by atoms with Gasteiger partial charge in [-0.15, -0.1) is 0 Å². The summed E-state index contributed by atoms with van der Waals surface area (Å²) in [6.07, 6.45) is 5.41. The van der Waals surface area contributed by atoms with E-state index in [1.807, 2.05) is 30.5 Å². The predicted octanol–water partition coefficient (Wildman–Crippen LogP) is 3.97. The highest BCUT2D eigenvalue weighted by molar-refractivity contribution is 5.33. The Morgan fingerprint density at radius 1 is 1.12 bits per heavy atom. The average molecular weight is 342 g/mol. The standard InChI is InChI=1S/C22H22N4/c23-13-18-8-4-9-19(12-18)14-24-21-10-5-11-22-20(21)15-25-26(22)16-17-6-2-1-3-7-17/h1-4,6-9,12,15,21,24H,5,10-11,14,16H2/t21-/m1/s1. The number of benzene rings is 2. The van der Waals surface area contributed by atoms with E-state index >= 15 is 0 Å². The van der Waals surface area contributed by atoms with Gasteiger partial charge >= 0.3 is 0 Å². The molecule has 0 aliphatic heterocycles. The van der Waals surface area contributed by atoms with E-state index in [0.29, 0.717) is 11.6 Å². The molecule has 1 aliphatic rings. The molecule has 4 nitrogen and oxygen atoms in total. The van der Waals surface area contributed by atoms with Crippen molar-refractivity contribution in [2.75, 3.05) is 0 Å². The topological polar surface area (TPSA) is 53.6 Å². The van der Waals surface area contributed by atoms with Crippen LogP contribution in [0.2, 0.25) is 0 Å². The van der Waals surface area contributed by atoms with E-state index < -0.39 is 0 Å². The SMILES string of the molecule is N#Cc1cccc(CN[C@@H]2CCCc3c2cnn3Cc2ccccc2)c1. The molecule has 2 aromatic carbocycles. The van der Waals surface area contributed by atoms with E-state index in [1.54, 1.807) is 0 Å². The van der Waals surface area contributed by atoms with Crippen LogP contribution >= 0.6 is 0 Å². The van der Waals surface area contributed by atoms with Crippen LogP contribution in [0.15, 0.2) is 60.8 Å². The minimum Gasteiger partial charge on any atom is -0.306 e. The van der Waals surface area contributed by atoms with Gasteiger partial charge < -0.3 is 5.32 Å². The predicted molar refractivity (Wildman–Crippen MR) is 101 cm³/mol. The first kappa shape index (κ1) is 16.6. The zero-order chi connectivity index (χ0) is 17.8. The molecule has 0 unspecified atom stereocenters. The third-order valence-electron chi connectivity index (χ3n) is 5.05. The molecule has 1 heterocycles. The van der Waals surface area contributed by atoms with Crippen molar-refractivity contribution in [3.8, 4) is 6.07 Å². The van der Waals surface area contributed by atoms with Crippen LogP contribution in [-0.2, 0) is 19.5 Å². The maximum absolute atomic E-state index is 9.05. The van der Waals surface area contributed by atoms with Gasteiger partial charge in [0.15, 0.2) is 0 Å². The molecule has 0 spiro atoms. The van der Waals surface area contributed by atoms with Gasteiger partial charge in [-0.2, -0.15) is 10.4 Å². The molecule has 130 valence electrons. The Bertz CT molecular complexity index is 921. The summed E-state index contributed by atoms with van der Waals surface area (Å²) >= 11 is 0. The maximum atomic E-state index is 9.05. The van der Waals surface area contributed by atoms with Crippen LogP contribution in [0.5, 0.6) is 0 Å². The van der Waals surface area contributed by atoms with Gasteiger partial charge in [-0.1, -0.05) is 42.5 Å². The highest BCUT2D eigenvalue weighted by Crippen LogP contribution is 2.30. The third kappa shape index (κ3) is 3.54. The number of hydrogen-bond donors (Lipinski definition) is 1. The molecule has 1 aliphatic carbocycles. The van der Waals surface area contributed by atoms with E-state index in [9.17, 15) is 0 Å². The number of rotatable bonds is 5. The van der Waals surface area contributed by atoms with Gasteiger partial charge in [0, 0.05) is 23.8 Å². The molecule has 0 bridgehead atoms. The molecule has 0 radical (unpaired) electrons. The first-order chi connectivity index (χ1) is 12.8. The maximum Gasteiger partial charge on any atom is 0.0991 e. The van der Waals surface area contributed by atoms with Crippen LogP contribution in [0.3, 0.4) is 0 Å². The Morgan fingerprint density at radius 3 is 2.81 bits per heavy atom. The van der Waals surface area contributed by atoms with E-state index in [4.69, 9.17) is 5.26 Å². The number of nitrogens with zero attached hydrogens (tertiary/aromatic N) is 3. The average Bonchev–Trinajstić information content (AvgIpc) is 3.11. The Labute approximate surface area is 154 Å². The minimum absolute atomic E-state index is 0.328. The van der Waals surface area contributed by atoms with Gasteiger partial charge in [0.05, 0.1) is 24.4 Å². The molecule has 4 heteroatoms. The Kier molecular flexibility index (Phi) is 4.81. The van der Waals surface area contributed by atoms with Gasteiger partial charge in [0.25, 0.3) is 0 Å². The summed E-state index contributed by atoms with van der Waals surface area (Å²) in [5, 5.41) is 17.4. The monoisotopic (exact) mass is 342 g/mol. The Hall–Kier alpha value is -2.90. The second-order valence-electron chi connectivity index (χ2n) is 6.83. The molecule has 26 heavy (non-hydrogen) atoms. The smallest absolute Gasteiger partial charge is 0.0991 e. The molecular weight excluding hydrogens is 320 g/mol. The van der Waals surface area contributed by atoms with Crippen molar-refractivity contribution in [3.63, 3.8) is 0 Å². The number of hydrogen-bond acceptors (Lipinski definition) is 3. The summed E-state index contributed by atoms with van der Waals surface area (Å²) in [7, 11) is 0. The minimum atomic E-state index is 0.328. The molecule has 0 fully saturated rings. The fourth-order valence-corrected chi connectivity index (χ4v) is 3.72. The zero-order valence-electron chi connectivity index (χ0n) is 14.7. The van der Waals surface area contributed by atoms with Crippen molar-refractivity contribution in [1.82, 2.24) is 15.1 Å². The summed E-state index contributed by atoms with van der Waals surface area (Å²) in [4.78, 5) is 0. The van der Waals surface area contributed by atoms with Gasteiger partial charge in [-0.3, -0.25) is 4.68 Å². The highest BCUT2D eigenvalue weighted by atomic mass is 15.3. The van der Waals surface area contributed by atoms with E-state index in [0.717, 1.165) is 31.5 Å². The largest absolute Gasteiger partial charge is 0.306 e. The summed E-state index contributed by atoms with van der Waals surface area (Å²) in [6, 6.07) is 20.8.